The van der Waals surface area contributed by atoms with Gasteiger partial charge >= 0.3 is 6.18 Å². The van der Waals surface area contributed by atoms with E-state index in [-0.39, 0.29) is 30.1 Å². The molecule has 0 radical (unpaired) electrons. The Morgan fingerprint density at radius 2 is 1.72 bits per heavy atom. The van der Waals surface area contributed by atoms with Crippen molar-refractivity contribution in [3.8, 4) is 11.3 Å². The van der Waals surface area contributed by atoms with Crippen molar-refractivity contribution in [2.24, 2.45) is 0 Å². The number of carbonyl (C=O) groups is 1. The molecule has 190 valence electrons. The van der Waals surface area contributed by atoms with Gasteiger partial charge in [0, 0.05) is 12.1 Å². The molecule has 1 fully saturated rings. The van der Waals surface area contributed by atoms with Crippen LogP contribution in [0.2, 0.25) is 0 Å². The van der Waals surface area contributed by atoms with Gasteiger partial charge in [-0.25, -0.2) is 27.2 Å². The fraction of sp³-hybridized carbons (Fsp3) is 0.261. The second-order valence-electron chi connectivity index (χ2n) is 8.01. The first-order valence-corrected chi connectivity index (χ1v) is 12.1. The minimum Gasteiger partial charge on any atom is -0.349 e. The first kappa shape index (κ1) is 25.6. The van der Waals surface area contributed by atoms with Gasteiger partial charge in [0.25, 0.3) is 0 Å². The molecule has 0 saturated carbocycles. The largest absolute Gasteiger partial charge is 0.416 e. The van der Waals surface area contributed by atoms with Crippen LogP contribution in [0.15, 0.2) is 65.8 Å². The summed E-state index contributed by atoms with van der Waals surface area (Å²) in [4.78, 5) is 20.5. The molecule has 1 aliphatic heterocycles. The molecule has 1 aromatic heterocycles. The summed E-state index contributed by atoms with van der Waals surface area (Å²) >= 11 is 0. The molecule has 1 aliphatic rings. The summed E-state index contributed by atoms with van der Waals surface area (Å²) in [5.41, 5.74) is 0.141. The van der Waals surface area contributed by atoms with E-state index in [1.54, 1.807) is 0 Å². The zero-order valence-corrected chi connectivity index (χ0v) is 19.2. The molecule has 3 aromatic rings. The summed E-state index contributed by atoms with van der Waals surface area (Å²) < 4.78 is 92.7. The summed E-state index contributed by atoms with van der Waals surface area (Å²) in [5, 5.41) is 2.46. The van der Waals surface area contributed by atoms with E-state index in [1.807, 2.05) is 0 Å². The smallest absolute Gasteiger partial charge is 0.349 e. The molecule has 1 saturated heterocycles. The van der Waals surface area contributed by atoms with Gasteiger partial charge in [-0.05, 0) is 48.9 Å². The summed E-state index contributed by atoms with van der Waals surface area (Å²) in [6.07, 6.45) is -5.27. The predicted molar refractivity (Wildman–Crippen MR) is 118 cm³/mol. The molecule has 2 aromatic carbocycles. The topological polar surface area (TPSA) is 92.3 Å². The van der Waals surface area contributed by atoms with Crippen LogP contribution < -0.4 is 5.32 Å². The van der Waals surface area contributed by atoms with Gasteiger partial charge < -0.3 is 5.32 Å². The second kappa shape index (κ2) is 9.90. The van der Waals surface area contributed by atoms with Gasteiger partial charge in [-0.2, -0.15) is 17.5 Å². The molecular formula is C23H19F5N4O3S. The van der Waals surface area contributed by atoms with Crippen LogP contribution in [0.3, 0.4) is 0 Å². The molecule has 2 heterocycles. The molecule has 0 bridgehead atoms. The lowest BCUT2D eigenvalue weighted by molar-refractivity contribution is -0.137. The molecule has 1 amide bonds. The molecule has 0 spiro atoms. The SMILES string of the molecule is O=C(NCc1cc(-c2ccc(C(F)(F)F)cc2)ncn1)[C@@H]1[C@@H](F)CCN1S(=O)(=O)c1ccc(F)cc1. The van der Waals surface area contributed by atoms with Crippen LogP contribution in [0, 0.1) is 5.82 Å². The Morgan fingerprint density at radius 1 is 1.06 bits per heavy atom. The molecule has 2 atom stereocenters. The molecule has 7 nitrogen and oxygen atoms in total. The number of benzene rings is 2. The molecule has 36 heavy (non-hydrogen) atoms. The highest BCUT2D eigenvalue weighted by molar-refractivity contribution is 7.89. The minimum absolute atomic E-state index is 0.190. The highest BCUT2D eigenvalue weighted by atomic mass is 32.2. The van der Waals surface area contributed by atoms with Crippen molar-refractivity contribution in [1.82, 2.24) is 19.6 Å². The molecule has 13 heteroatoms. The van der Waals surface area contributed by atoms with E-state index < -0.39 is 45.7 Å². The highest BCUT2D eigenvalue weighted by Gasteiger charge is 2.46. The second-order valence-corrected chi connectivity index (χ2v) is 9.90. The number of rotatable bonds is 6. The lowest BCUT2D eigenvalue weighted by Gasteiger charge is -2.24. The Bertz CT molecular complexity index is 1350. The molecule has 1 N–H and O–H groups in total. The molecule has 4 rings (SSSR count). The number of alkyl halides is 4. The number of nitrogens with zero attached hydrogens (tertiary/aromatic N) is 3. The number of hydrogen-bond donors (Lipinski definition) is 1. The van der Waals surface area contributed by atoms with Crippen molar-refractivity contribution in [2.45, 2.75) is 36.3 Å². The van der Waals surface area contributed by atoms with Crippen molar-refractivity contribution in [2.75, 3.05) is 6.54 Å². The van der Waals surface area contributed by atoms with Crippen molar-refractivity contribution in [3.63, 3.8) is 0 Å². The van der Waals surface area contributed by atoms with Gasteiger partial charge in [-0.1, -0.05) is 12.1 Å². The average Bonchev–Trinajstić information content (AvgIpc) is 3.25. The summed E-state index contributed by atoms with van der Waals surface area (Å²) in [6.45, 7) is -0.437. The number of aromatic nitrogens is 2. The van der Waals surface area contributed by atoms with Gasteiger partial charge in [0.15, 0.2) is 0 Å². The van der Waals surface area contributed by atoms with E-state index in [0.717, 1.165) is 47.0 Å². The van der Waals surface area contributed by atoms with Gasteiger partial charge in [-0.15, -0.1) is 0 Å². The van der Waals surface area contributed by atoms with Crippen LogP contribution in [-0.4, -0.2) is 47.4 Å². The van der Waals surface area contributed by atoms with E-state index in [2.05, 4.69) is 15.3 Å². The van der Waals surface area contributed by atoms with Gasteiger partial charge in [0.05, 0.1) is 28.4 Å². The van der Waals surface area contributed by atoms with E-state index in [0.29, 0.717) is 11.3 Å². The zero-order valence-electron chi connectivity index (χ0n) is 18.4. The summed E-state index contributed by atoms with van der Waals surface area (Å²) in [7, 11) is -4.26. The van der Waals surface area contributed by atoms with E-state index in [1.165, 1.54) is 18.2 Å². The van der Waals surface area contributed by atoms with Crippen LogP contribution in [0.25, 0.3) is 11.3 Å². The molecule has 0 aliphatic carbocycles. The normalized spacial score (nSPS) is 18.8. The van der Waals surface area contributed by atoms with Crippen LogP contribution in [0.5, 0.6) is 0 Å². The lowest BCUT2D eigenvalue weighted by Crippen LogP contribution is -2.49. The van der Waals surface area contributed by atoms with Gasteiger partial charge in [-0.3, -0.25) is 4.79 Å². The number of hydrogen-bond acceptors (Lipinski definition) is 5. The summed E-state index contributed by atoms with van der Waals surface area (Å²) in [5.74, 6) is -1.53. The third-order valence-electron chi connectivity index (χ3n) is 5.64. The first-order valence-electron chi connectivity index (χ1n) is 10.6. The molecule has 0 unspecified atom stereocenters. The third-order valence-corrected chi connectivity index (χ3v) is 7.54. The lowest BCUT2D eigenvalue weighted by atomic mass is 10.1. The van der Waals surface area contributed by atoms with Crippen LogP contribution in [0.1, 0.15) is 17.7 Å². The third kappa shape index (κ3) is 5.36. The quantitative estimate of drug-likeness (QED) is 0.495. The standard InChI is InChI=1S/C23H19F5N4O3S/c24-16-5-7-18(8-6-16)36(34,35)32-10-9-19(25)21(32)22(33)29-12-17-11-20(31-13-30-17)14-1-3-15(4-2-14)23(26,27)28/h1-8,11,13,19,21H,9-10,12H2,(H,29,33)/t19-,21-/m0/s1. The van der Waals surface area contributed by atoms with Crippen LogP contribution >= 0.6 is 0 Å². The Hall–Kier alpha value is -3.45. The minimum atomic E-state index is -4.48. The van der Waals surface area contributed by atoms with Crippen molar-refractivity contribution in [1.29, 1.82) is 0 Å². The number of sulfonamides is 1. The Balaban J connectivity index is 1.47. The first-order chi connectivity index (χ1) is 17.0. The fourth-order valence-electron chi connectivity index (χ4n) is 3.80. The Morgan fingerprint density at radius 3 is 2.36 bits per heavy atom. The number of amides is 1. The maximum atomic E-state index is 14.6. The predicted octanol–water partition coefficient (Wildman–Crippen LogP) is 3.72. The number of halogens is 5. The van der Waals surface area contributed by atoms with E-state index in [9.17, 15) is 35.2 Å². The van der Waals surface area contributed by atoms with E-state index in [4.69, 9.17) is 0 Å². The van der Waals surface area contributed by atoms with Crippen LogP contribution in [0.4, 0.5) is 22.0 Å². The van der Waals surface area contributed by atoms with Crippen molar-refractivity contribution >= 4 is 15.9 Å². The van der Waals surface area contributed by atoms with Gasteiger partial charge in [0.1, 0.15) is 24.4 Å². The maximum absolute atomic E-state index is 14.6. The van der Waals surface area contributed by atoms with E-state index >= 15 is 0 Å². The fourth-order valence-corrected chi connectivity index (χ4v) is 5.42. The monoisotopic (exact) mass is 526 g/mol. The number of carbonyl (C=O) groups excluding carboxylic acids is 1. The summed E-state index contributed by atoms with van der Waals surface area (Å²) in [6, 6.07) is 8.11. The highest BCUT2D eigenvalue weighted by Crippen LogP contribution is 2.31. The van der Waals surface area contributed by atoms with Crippen LogP contribution in [-0.2, 0) is 27.5 Å². The average molecular weight is 526 g/mol. The van der Waals surface area contributed by atoms with Crippen molar-refractivity contribution in [3.05, 3.63) is 78.0 Å². The van der Waals surface area contributed by atoms with Gasteiger partial charge in [0.2, 0.25) is 15.9 Å². The number of nitrogens with one attached hydrogen (secondary N) is 1. The van der Waals surface area contributed by atoms with Crippen molar-refractivity contribution < 1.29 is 35.2 Å². The maximum Gasteiger partial charge on any atom is 0.416 e. The molecular weight excluding hydrogens is 507 g/mol. The Labute approximate surface area is 203 Å². The zero-order chi connectivity index (χ0) is 26.1. The Kier molecular flexibility index (Phi) is 7.05.